The van der Waals surface area contributed by atoms with Crippen LogP contribution in [0.25, 0.3) is 0 Å². The van der Waals surface area contributed by atoms with Gasteiger partial charge in [0.05, 0.1) is 13.2 Å². The van der Waals surface area contributed by atoms with Gasteiger partial charge >= 0.3 is 0 Å². The molecular formula is C21H37IN4O2. The van der Waals surface area contributed by atoms with Gasteiger partial charge in [0.25, 0.3) is 0 Å². The number of guanidine groups is 1. The molecule has 2 rings (SSSR count). The summed E-state index contributed by atoms with van der Waals surface area (Å²) < 4.78 is 10.4. The molecule has 0 spiro atoms. The van der Waals surface area contributed by atoms with Crippen molar-refractivity contribution < 1.29 is 9.47 Å². The first kappa shape index (κ1) is 25.1. The Labute approximate surface area is 187 Å². The van der Waals surface area contributed by atoms with Crippen molar-refractivity contribution in [1.82, 2.24) is 15.5 Å². The minimum atomic E-state index is 0. The van der Waals surface area contributed by atoms with E-state index in [0.717, 1.165) is 51.5 Å². The first-order valence-electron chi connectivity index (χ1n) is 10.0. The van der Waals surface area contributed by atoms with Crippen molar-refractivity contribution in [3.63, 3.8) is 0 Å². The Kier molecular flexibility index (Phi) is 13.5. The molecular weight excluding hydrogens is 467 g/mol. The lowest BCUT2D eigenvalue weighted by atomic mass is 9.97. The van der Waals surface area contributed by atoms with E-state index in [0.29, 0.717) is 25.3 Å². The van der Waals surface area contributed by atoms with Crippen molar-refractivity contribution in [2.24, 2.45) is 4.99 Å². The molecule has 2 unspecified atom stereocenters. The Morgan fingerprint density at radius 1 is 1.21 bits per heavy atom. The van der Waals surface area contributed by atoms with Crippen molar-refractivity contribution in [2.45, 2.75) is 44.8 Å². The molecule has 0 aromatic heterocycles. The minimum Gasteiger partial charge on any atom is -0.382 e. The first-order chi connectivity index (χ1) is 13.2. The van der Waals surface area contributed by atoms with Crippen LogP contribution in [0, 0.1) is 0 Å². The molecule has 0 bridgehead atoms. The summed E-state index contributed by atoms with van der Waals surface area (Å²) in [7, 11) is 3.52. The number of rotatable bonds is 10. The van der Waals surface area contributed by atoms with Gasteiger partial charge in [-0.15, -0.1) is 24.0 Å². The van der Waals surface area contributed by atoms with Gasteiger partial charge in [-0.2, -0.15) is 0 Å². The van der Waals surface area contributed by atoms with E-state index in [2.05, 4.69) is 57.8 Å². The largest absolute Gasteiger partial charge is 0.382 e. The molecule has 2 N–H and O–H groups in total. The molecule has 1 aliphatic rings. The summed E-state index contributed by atoms with van der Waals surface area (Å²) in [5.74, 6) is 0.889. The summed E-state index contributed by atoms with van der Waals surface area (Å²) in [6.45, 7) is 7.37. The minimum absolute atomic E-state index is 0. The predicted octanol–water partition coefficient (Wildman–Crippen LogP) is 2.88. The van der Waals surface area contributed by atoms with Gasteiger partial charge < -0.3 is 20.1 Å². The summed E-state index contributed by atoms with van der Waals surface area (Å²) in [5, 5.41) is 6.97. The first-order valence-corrected chi connectivity index (χ1v) is 10.0. The molecule has 1 aromatic carbocycles. The van der Waals surface area contributed by atoms with Crippen LogP contribution in [0.4, 0.5) is 0 Å². The second-order valence-electron chi connectivity index (χ2n) is 7.13. The van der Waals surface area contributed by atoms with Crippen molar-refractivity contribution >= 4 is 29.9 Å². The second kappa shape index (κ2) is 15.0. The molecule has 6 nitrogen and oxygen atoms in total. The highest BCUT2D eigenvalue weighted by atomic mass is 127. The number of hydrogen-bond donors (Lipinski definition) is 2. The predicted molar refractivity (Wildman–Crippen MR) is 127 cm³/mol. The number of ether oxygens (including phenoxy) is 2. The van der Waals surface area contributed by atoms with E-state index in [1.165, 1.54) is 5.56 Å². The zero-order valence-corrected chi connectivity index (χ0v) is 19.9. The number of piperidine rings is 1. The quantitative estimate of drug-likeness (QED) is 0.222. The Balaban J connectivity index is 0.00000392. The van der Waals surface area contributed by atoms with Crippen LogP contribution in [0.5, 0.6) is 0 Å². The van der Waals surface area contributed by atoms with Gasteiger partial charge in [0.2, 0.25) is 0 Å². The third kappa shape index (κ3) is 9.54. The number of nitrogens with one attached hydrogen (secondary N) is 2. The Bertz CT molecular complexity index is 544. The summed E-state index contributed by atoms with van der Waals surface area (Å²) in [5.41, 5.74) is 1.39. The normalized spacial score (nSPS) is 20.5. The molecule has 2 atom stereocenters. The zero-order chi connectivity index (χ0) is 19.3. The highest BCUT2D eigenvalue weighted by molar-refractivity contribution is 14.0. The second-order valence-corrected chi connectivity index (χ2v) is 7.13. The van der Waals surface area contributed by atoms with Crippen molar-refractivity contribution in [3.8, 4) is 0 Å². The van der Waals surface area contributed by atoms with Crippen LogP contribution in [-0.2, 0) is 16.0 Å². The van der Waals surface area contributed by atoms with Crippen LogP contribution in [0.3, 0.4) is 0 Å². The van der Waals surface area contributed by atoms with E-state index in [4.69, 9.17) is 9.47 Å². The van der Waals surface area contributed by atoms with Crippen LogP contribution in [0.15, 0.2) is 35.3 Å². The third-order valence-electron chi connectivity index (χ3n) is 5.00. The average molecular weight is 504 g/mol. The molecule has 1 aliphatic heterocycles. The van der Waals surface area contributed by atoms with Crippen molar-refractivity contribution in [3.05, 3.63) is 35.9 Å². The van der Waals surface area contributed by atoms with Gasteiger partial charge in [0.15, 0.2) is 5.96 Å². The molecule has 28 heavy (non-hydrogen) atoms. The number of aliphatic imine (C=N–C) groups is 1. The molecule has 0 aliphatic carbocycles. The van der Waals surface area contributed by atoms with E-state index in [1.807, 2.05) is 7.05 Å². The monoisotopic (exact) mass is 504 g/mol. The third-order valence-corrected chi connectivity index (χ3v) is 5.00. The van der Waals surface area contributed by atoms with Crippen LogP contribution < -0.4 is 10.6 Å². The van der Waals surface area contributed by atoms with E-state index < -0.39 is 0 Å². The van der Waals surface area contributed by atoms with Gasteiger partial charge in [-0.05, 0) is 31.7 Å². The highest BCUT2D eigenvalue weighted by Crippen LogP contribution is 2.19. The number of benzene rings is 1. The fourth-order valence-corrected chi connectivity index (χ4v) is 3.42. The number of halogens is 1. The smallest absolute Gasteiger partial charge is 0.191 e. The number of nitrogens with zero attached hydrogens (tertiary/aromatic N) is 2. The SMILES string of the molecule is CN=C(NCCCOCCOC)NC1CCN(Cc2ccccc2)C(C)C1.I. The summed E-state index contributed by atoms with van der Waals surface area (Å²) in [6.07, 6.45) is 3.22. The van der Waals surface area contributed by atoms with Crippen LogP contribution >= 0.6 is 24.0 Å². The van der Waals surface area contributed by atoms with Crippen molar-refractivity contribution in [1.29, 1.82) is 0 Å². The van der Waals surface area contributed by atoms with Gasteiger partial charge in [0.1, 0.15) is 0 Å². The molecule has 1 heterocycles. The molecule has 1 saturated heterocycles. The molecule has 0 amide bonds. The van der Waals surface area contributed by atoms with Crippen LogP contribution in [0.1, 0.15) is 31.7 Å². The summed E-state index contributed by atoms with van der Waals surface area (Å²) >= 11 is 0. The van der Waals surface area contributed by atoms with Gasteiger partial charge in [-0.25, -0.2) is 0 Å². The zero-order valence-electron chi connectivity index (χ0n) is 17.5. The average Bonchev–Trinajstić information content (AvgIpc) is 2.69. The molecule has 160 valence electrons. The lowest BCUT2D eigenvalue weighted by molar-refractivity contribution is 0.0698. The Hall–Kier alpha value is -0.900. The van der Waals surface area contributed by atoms with E-state index in [-0.39, 0.29) is 24.0 Å². The summed E-state index contributed by atoms with van der Waals surface area (Å²) in [4.78, 5) is 6.93. The fraction of sp³-hybridized carbons (Fsp3) is 0.667. The molecule has 0 radical (unpaired) electrons. The Morgan fingerprint density at radius 3 is 2.68 bits per heavy atom. The van der Waals surface area contributed by atoms with Crippen LogP contribution in [0.2, 0.25) is 0 Å². The molecule has 1 aromatic rings. The highest BCUT2D eigenvalue weighted by Gasteiger charge is 2.25. The number of methoxy groups -OCH3 is 1. The maximum absolute atomic E-state index is 5.48. The van der Waals surface area contributed by atoms with Gasteiger partial charge in [0, 0.05) is 52.5 Å². The molecule has 1 fully saturated rings. The maximum atomic E-state index is 5.48. The lowest BCUT2D eigenvalue weighted by Crippen LogP contribution is -2.51. The lowest BCUT2D eigenvalue weighted by Gasteiger charge is -2.38. The Morgan fingerprint density at radius 2 is 2.00 bits per heavy atom. The topological polar surface area (TPSA) is 58.1 Å². The molecule has 7 heteroatoms. The van der Waals surface area contributed by atoms with Gasteiger partial charge in [-0.3, -0.25) is 9.89 Å². The van der Waals surface area contributed by atoms with E-state index in [9.17, 15) is 0 Å². The fourth-order valence-electron chi connectivity index (χ4n) is 3.42. The van der Waals surface area contributed by atoms with Gasteiger partial charge in [-0.1, -0.05) is 30.3 Å². The van der Waals surface area contributed by atoms with Crippen molar-refractivity contribution in [2.75, 3.05) is 47.1 Å². The number of likely N-dealkylation sites (tertiary alicyclic amines) is 1. The van der Waals surface area contributed by atoms with E-state index in [1.54, 1.807) is 7.11 Å². The number of hydrogen-bond acceptors (Lipinski definition) is 4. The summed E-state index contributed by atoms with van der Waals surface area (Å²) in [6, 6.07) is 11.8. The molecule has 0 saturated carbocycles. The van der Waals surface area contributed by atoms with E-state index >= 15 is 0 Å². The maximum Gasteiger partial charge on any atom is 0.191 e. The van der Waals surface area contributed by atoms with Crippen LogP contribution in [-0.4, -0.2) is 70.0 Å². The standard InChI is InChI=1S/C21H36N4O2.HI/c1-18-16-20(10-12-25(18)17-19-8-5-4-6-9-19)24-21(22-2)23-11-7-13-27-15-14-26-3;/h4-6,8-9,18,20H,7,10-17H2,1-3H3,(H2,22,23,24);1H.